The fourth-order valence-electron chi connectivity index (χ4n) is 3.93. The first-order valence-electron chi connectivity index (χ1n) is 9.65. The maximum absolute atomic E-state index is 4.65. The van der Waals surface area contributed by atoms with Gasteiger partial charge < -0.3 is 10.3 Å². The summed E-state index contributed by atoms with van der Waals surface area (Å²) < 4.78 is 1.77. The lowest BCUT2D eigenvalue weighted by molar-refractivity contribution is 0.300. The minimum atomic E-state index is 0.688. The second-order valence-electron chi connectivity index (χ2n) is 7.61. The lowest BCUT2D eigenvalue weighted by Gasteiger charge is -2.26. The van der Waals surface area contributed by atoms with Crippen LogP contribution in [0.15, 0.2) is 36.9 Å². The van der Waals surface area contributed by atoms with Gasteiger partial charge in [-0.05, 0) is 36.8 Å². The minimum Gasteiger partial charge on any atom is -0.354 e. The highest BCUT2D eigenvalue weighted by atomic mass is 15.2. The third-order valence-electron chi connectivity index (χ3n) is 5.65. The third-order valence-corrected chi connectivity index (χ3v) is 5.65. The Hall–Kier alpha value is -2.96. The van der Waals surface area contributed by atoms with Crippen molar-refractivity contribution < 1.29 is 0 Å². The molecule has 0 aromatic carbocycles. The Bertz CT molecular complexity index is 1070. The summed E-state index contributed by atoms with van der Waals surface area (Å²) >= 11 is 0. The van der Waals surface area contributed by atoms with E-state index >= 15 is 0 Å². The zero-order valence-electron chi connectivity index (χ0n) is 15.4. The molecule has 0 unspecified atom stereocenters. The van der Waals surface area contributed by atoms with Crippen LogP contribution >= 0.6 is 0 Å². The molecule has 0 saturated heterocycles. The van der Waals surface area contributed by atoms with Crippen LogP contribution in [0.25, 0.3) is 27.9 Å². The van der Waals surface area contributed by atoms with Gasteiger partial charge >= 0.3 is 0 Å². The Labute approximate surface area is 157 Å². The van der Waals surface area contributed by atoms with Crippen molar-refractivity contribution in [1.82, 2.24) is 29.5 Å². The van der Waals surface area contributed by atoms with Gasteiger partial charge in [0.05, 0.1) is 5.69 Å². The van der Waals surface area contributed by atoms with Gasteiger partial charge in [-0.15, -0.1) is 0 Å². The molecular weight excluding hydrogens is 338 g/mol. The first kappa shape index (κ1) is 16.2. The monoisotopic (exact) mass is 361 g/mol. The molecule has 0 bridgehead atoms. The molecule has 4 aromatic heterocycles. The number of aromatic nitrogens is 6. The van der Waals surface area contributed by atoms with Crippen LogP contribution in [0.4, 0.5) is 5.95 Å². The molecule has 138 valence electrons. The number of rotatable bonds is 4. The summed E-state index contributed by atoms with van der Waals surface area (Å²) in [5.41, 5.74) is 3.52. The number of nitrogens with one attached hydrogen (secondary N) is 2. The van der Waals surface area contributed by atoms with E-state index in [-0.39, 0.29) is 0 Å². The van der Waals surface area contributed by atoms with Gasteiger partial charge in [-0.1, -0.05) is 19.8 Å². The van der Waals surface area contributed by atoms with Crippen molar-refractivity contribution in [3.63, 3.8) is 0 Å². The number of aromatic amines is 1. The first-order chi connectivity index (χ1) is 13.3. The molecule has 27 heavy (non-hydrogen) atoms. The van der Waals surface area contributed by atoms with E-state index in [0.717, 1.165) is 46.3 Å². The summed E-state index contributed by atoms with van der Waals surface area (Å²) in [6.07, 6.45) is 12.7. The molecule has 1 fully saturated rings. The van der Waals surface area contributed by atoms with Crippen molar-refractivity contribution in [2.24, 2.45) is 11.8 Å². The van der Waals surface area contributed by atoms with Crippen LogP contribution in [-0.4, -0.2) is 36.1 Å². The number of H-pyrrole nitrogens is 1. The Morgan fingerprint density at radius 3 is 2.96 bits per heavy atom. The molecule has 0 atom stereocenters. The molecule has 7 heteroatoms. The van der Waals surface area contributed by atoms with Gasteiger partial charge in [0.2, 0.25) is 5.95 Å². The largest absolute Gasteiger partial charge is 0.354 e. The molecule has 1 aliphatic rings. The average molecular weight is 361 g/mol. The standard InChI is InChI=1S/C20H23N7/c1-13-2-4-14(5-3-13)10-23-20-24-12-16-15(11-22-19(16)25-20)17-6-7-18-21-8-9-27(18)26-17/h6-9,11-14H,2-5,10H2,1H3,(H2,22,23,24,25). The van der Waals surface area contributed by atoms with E-state index in [0.29, 0.717) is 5.95 Å². The van der Waals surface area contributed by atoms with Crippen LogP contribution in [0.5, 0.6) is 0 Å². The van der Waals surface area contributed by atoms with E-state index < -0.39 is 0 Å². The van der Waals surface area contributed by atoms with Gasteiger partial charge in [0, 0.05) is 42.3 Å². The van der Waals surface area contributed by atoms with Crippen molar-refractivity contribution in [3.8, 4) is 11.3 Å². The van der Waals surface area contributed by atoms with Crippen molar-refractivity contribution in [2.75, 3.05) is 11.9 Å². The summed E-state index contributed by atoms with van der Waals surface area (Å²) in [5, 5.41) is 9.01. The van der Waals surface area contributed by atoms with Gasteiger partial charge in [-0.25, -0.2) is 14.5 Å². The molecular formula is C20H23N7. The van der Waals surface area contributed by atoms with Crippen LogP contribution in [0.2, 0.25) is 0 Å². The Morgan fingerprint density at radius 2 is 2.07 bits per heavy atom. The highest BCUT2D eigenvalue weighted by Crippen LogP contribution is 2.29. The van der Waals surface area contributed by atoms with E-state index in [9.17, 15) is 0 Å². The molecule has 2 N–H and O–H groups in total. The predicted octanol–water partition coefficient (Wildman–Crippen LogP) is 3.91. The third kappa shape index (κ3) is 3.13. The van der Waals surface area contributed by atoms with Gasteiger partial charge in [0.1, 0.15) is 5.65 Å². The topological polar surface area (TPSA) is 83.8 Å². The molecule has 0 aliphatic heterocycles. The maximum Gasteiger partial charge on any atom is 0.224 e. The fraction of sp³-hybridized carbons (Fsp3) is 0.400. The second kappa shape index (κ2) is 6.64. The van der Waals surface area contributed by atoms with Gasteiger partial charge in [-0.3, -0.25) is 0 Å². The zero-order valence-corrected chi connectivity index (χ0v) is 15.4. The summed E-state index contributed by atoms with van der Waals surface area (Å²) in [5.74, 6) is 2.29. The van der Waals surface area contributed by atoms with E-state index in [2.05, 4.69) is 37.3 Å². The molecule has 0 spiro atoms. The van der Waals surface area contributed by atoms with Crippen molar-refractivity contribution in [1.29, 1.82) is 0 Å². The Kier molecular flexibility index (Phi) is 3.99. The molecule has 4 heterocycles. The molecule has 0 amide bonds. The number of hydrogen-bond acceptors (Lipinski definition) is 5. The van der Waals surface area contributed by atoms with Gasteiger partial charge in [0.25, 0.3) is 0 Å². The number of fused-ring (bicyclic) bond motifs is 2. The van der Waals surface area contributed by atoms with Crippen LogP contribution in [0.3, 0.4) is 0 Å². The zero-order chi connectivity index (χ0) is 18.2. The number of imidazole rings is 1. The number of anilines is 1. The fourth-order valence-corrected chi connectivity index (χ4v) is 3.93. The number of hydrogen-bond donors (Lipinski definition) is 2. The second-order valence-corrected chi connectivity index (χ2v) is 7.61. The highest BCUT2D eigenvalue weighted by molar-refractivity contribution is 5.92. The van der Waals surface area contributed by atoms with E-state index in [1.807, 2.05) is 30.7 Å². The molecule has 7 nitrogen and oxygen atoms in total. The van der Waals surface area contributed by atoms with Crippen LogP contribution in [0, 0.1) is 11.8 Å². The van der Waals surface area contributed by atoms with Crippen LogP contribution in [-0.2, 0) is 0 Å². The van der Waals surface area contributed by atoms with Crippen LogP contribution in [0.1, 0.15) is 32.6 Å². The SMILES string of the molecule is CC1CCC(CNc2ncc3c(-c4ccc5nccn5n4)c[nH]c3n2)CC1. The summed E-state index contributed by atoms with van der Waals surface area (Å²) in [6, 6.07) is 3.93. The Morgan fingerprint density at radius 1 is 1.19 bits per heavy atom. The molecule has 1 aliphatic carbocycles. The minimum absolute atomic E-state index is 0.688. The highest BCUT2D eigenvalue weighted by Gasteiger charge is 2.18. The van der Waals surface area contributed by atoms with E-state index in [1.165, 1.54) is 25.7 Å². The quantitative estimate of drug-likeness (QED) is 0.576. The molecule has 5 rings (SSSR count). The van der Waals surface area contributed by atoms with Crippen molar-refractivity contribution in [2.45, 2.75) is 32.6 Å². The smallest absolute Gasteiger partial charge is 0.224 e. The lowest BCUT2D eigenvalue weighted by Crippen LogP contribution is -2.20. The average Bonchev–Trinajstić information content (AvgIpc) is 3.33. The number of nitrogens with zero attached hydrogens (tertiary/aromatic N) is 5. The van der Waals surface area contributed by atoms with Crippen molar-refractivity contribution in [3.05, 3.63) is 36.9 Å². The molecule has 0 radical (unpaired) electrons. The lowest BCUT2D eigenvalue weighted by atomic mass is 9.83. The van der Waals surface area contributed by atoms with Gasteiger partial charge in [-0.2, -0.15) is 10.1 Å². The van der Waals surface area contributed by atoms with E-state index in [4.69, 9.17) is 0 Å². The summed E-state index contributed by atoms with van der Waals surface area (Å²) in [7, 11) is 0. The first-order valence-corrected chi connectivity index (χ1v) is 9.65. The van der Waals surface area contributed by atoms with Crippen LogP contribution < -0.4 is 5.32 Å². The summed E-state index contributed by atoms with van der Waals surface area (Å²) in [6.45, 7) is 3.30. The van der Waals surface area contributed by atoms with E-state index in [1.54, 1.807) is 10.7 Å². The molecule has 4 aromatic rings. The molecule has 1 saturated carbocycles. The Balaban J connectivity index is 1.36. The normalized spacial score (nSPS) is 20.3. The van der Waals surface area contributed by atoms with Crippen molar-refractivity contribution >= 4 is 22.6 Å². The summed E-state index contributed by atoms with van der Waals surface area (Å²) in [4.78, 5) is 16.7. The van der Waals surface area contributed by atoms with Gasteiger partial charge in [0.15, 0.2) is 5.65 Å². The predicted molar refractivity (Wildman–Crippen MR) is 105 cm³/mol. The maximum atomic E-state index is 4.65.